The second-order valence-electron chi connectivity index (χ2n) is 10.2. The van der Waals surface area contributed by atoms with Gasteiger partial charge in [-0.05, 0) is 78.0 Å². The predicted octanol–water partition coefficient (Wildman–Crippen LogP) is 10.3. The van der Waals surface area contributed by atoms with E-state index in [4.69, 9.17) is 0 Å². The zero-order valence-corrected chi connectivity index (χ0v) is 21.7. The van der Waals surface area contributed by atoms with Crippen LogP contribution in [-0.2, 0) is 6.11 Å². The normalized spacial score (nSPS) is 17.3. The molecule has 0 aromatic heterocycles. The number of hydrogen-bond donors (Lipinski definition) is 0. The van der Waals surface area contributed by atoms with Gasteiger partial charge in [0.15, 0.2) is 17.5 Å². The highest BCUT2D eigenvalue weighted by molar-refractivity contribution is 5.71. The van der Waals surface area contributed by atoms with E-state index >= 15 is 4.39 Å². The van der Waals surface area contributed by atoms with Crippen LogP contribution in [0.4, 0.5) is 30.7 Å². The zero-order chi connectivity index (χ0) is 29.3. The molecule has 0 amide bonds. The molecule has 212 valence electrons. The quantitative estimate of drug-likeness (QED) is 0.122. The predicted molar refractivity (Wildman–Crippen MR) is 143 cm³/mol. The van der Waals surface area contributed by atoms with Gasteiger partial charge in [-0.15, -0.1) is 6.58 Å². The van der Waals surface area contributed by atoms with Crippen LogP contribution in [0.25, 0.3) is 22.3 Å². The van der Waals surface area contributed by atoms with Crippen LogP contribution in [0.1, 0.15) is 42.7 Å². The first kappa shape index (κ1) is 28.5. The Labute approximate surface area is 232 Å². The molecule has 1 saturated carbocycles. The third-order valence-corrected chi connectivity index (χ3v) is 7.59. The minimum Gasteiger partial charge on any atom is -0.429 e. The molecule has 0 spiro atoms. The number of benzene rings is 4. The molecule has 41 heavy (non-hydrogen) atoms. The van der Waals surface area contributed by atoms with Gasteiger partial charge >= 0.3 is 6.11 Å². The highest BCUT2D eigenvalue weighted by Crippen LogP contribution is 2.38. The van der Waals surface area contributed by atoms with Gasteiger partial charge < -0.3 is 4.74 Å². The second kappa shape index (κ2) is 11.4. The van der Waals surface area contributed by atoms with E-state index in [2.05, 4.69) is 11.3 Å². The molecule has 1 aliphatic carbocycles. The van der Waals surface area contributed by atoms with Crippen LogP contribution in [0.15, 0.2) is 85.5 Å². The number of alkyl halides is 2. The molecule has 0 radical (unpaired) electrons. The fraction of sp³-hybridized carbons (Fsp3) is 0.212. The Hall–Kier alpha value is -4.07. The minimum atomic E-state index is -4.36. The molecule has 5 rings (SSSR count). The van der Waals surface area contributed by atoms with Crippen molar-refractivity contribution in [2.45, 2.75) is 37.7 Å². The standard InChI is InChI=1S/C33H25F7O/c1-2-19-3-5-20(6-4-19)21-7-9-22(10-8-21)23-11-13-26(28(34)15-23)24-12-14-27(29(35)16-24)33(39,40)41-25-17-30(36)32(38)31(37)18-25/h2,7-20H,1,3-6H2. The lowest BCUT2D eigenvalue weighted by molar-refractivity contribution is -0.187. The van der Waals surface area contributed by atoms with Gasteiger partial charge in [0.25, 0.3) is 0 Å². The summed E-state index contributed by atoms with van der Waals surface area (Å²) >= 11 is 0. The van der Waals surface area contributed by atoms with Crippen molar-refractivity contribution in [3.05, 3.63) is 126 Å². The molecule has 0 heterocycles. The summed E-state index contributed by atoms with van der Waals surface area (Å²) in [5.41, 5.74) is 1.37. The van der Waals surface area contributed by atoms with Gasteiger partial charge in [0.05, 0.1) is 5.56 Å². The zero-order valence-electron chi connectivity index (χ0n) is 21.7. The van der Waals surface area contributed by atoms with Gasteiger partial charge in [-0.3, -0.25) is 0 Å². The number of allylic oxidation sites excluding steroid dienone is 1. The summed E-state index contributed by atoms with van der Waals surface area (Å²) in [6.45, 7) is 3.88. The van der Waals surface area contributed by atoms with Crippen LogP contribution < -0.4 is 4.74 Å². The Morgan fingerprint density at radius 1 is 0.659 bits per heavy atom. The van der Waals surface area contributed by atoms with Crippen molar-refractivity contribution in [1.82, 2.24) is 0 Å². The van der Waals surface area contributed by atoms with Gasteiger partial charge in [0.1, 0.15) is 17.4 Å². The highest BCUT2D eigenvalue weighted by Gasteiger charge is 2.38. The van der Waals surface area contributed by atoms with Crippen LogP contribution in [0.3, 0.4) is 0 Å². The SMILES string of the molecule is C=CC1CCC(c2ccc(-c3ccc(-c4ccc(C(F)(F)Oc5cc(F)c(F)c(F)c5)c(F)c4)c(F)c3)cc2)CC1. The summed E-state index contributed by atoms with van der Waals surface area (Å²) in [6.07, 6.45) is 2.07. The van der Waals surface area contributed by atoms with E-state index in [1.807, 2.05) is 30.3 Å². The molecule has 4 aromatic rings. The molecular formula is C33H25F7O. The molecule has 1 aliphatic rings. The van der Waals surface area contributed by atoms with Gasteiger partial charge in [-0.1, -0.05) is 48.5 Å². The molecule has 0 N–H and O–H groups in total. The maximum absolute atomic E-state index is 15.1. The Morgan fingerprint density at radius 3 is 1.83 bits per heavy atom. The van der Waals surface area contributed by atoms with Crippen molar-refractivity contribution in [2.75, 3.05) is 0 Å². The summed E-state index contributed by atoms with van der Waals surface area (Å²) in [5, 5.41) is 0. The Kier molecular flexibility index (Phi) is 7.93. The molecule has 1 nitrogen and oxygen atoms in total. The highest BCUT2D eigenvalue weighted by atomic mass is 19.3. The number of hydrogen-bond acceptors (Lipinski definition) is 1. The lowest BCUT2D eigenvalue weighted by Gasteiger charge is -2.27. The van der Waals surface area contributed by atoms with E-state index in [1.54, 1.807) is 6.07 Å². The lowest BCUT2D eigenvalue weighted by atomic mass is 9.78. The van der Waals surface area contributed by atoms with Crippen molar-refractivity contribution in [2.24, 2.45) is 5.92 Å². The van der Waals surface area contributed by atoms with Crippen LogP contribution in [0.5, 0.6) is 5.75 Å². The topological polar surface area (TPSA) is 9.23 Å². The summed E-state index contributed by atoms with van der Waals surface area (Å²) in [7, 11) is 0. The fourth-order valence-corrected chi connectivity index (χ4v) is 5.28. The number of ether oxygens (including phenoxy) is 1. The van der Waals surface area contributed by atoms with Crippen molar-refractivity contribution >= 4 is 0 Å². The number of halogens is 7. The first-order chi connectivity index (χ1) is 19.6. The fourth-order valence-electron chi connectivity index (χ4n) is 5.28. The summed E-state index contributed by atoms with van der Waals surface area (Å²) in [4.78, 5) is 0. The third-order valence-electron chi connectivity index (χ3n) is 7.59. The van der Waals surface area contributed by atoms with Gasteiger partial charge in [-0.2, -0.15) is 8.78 Å². The molecule has 4 aromatic carbocycles. The van der Waals surface area contributed by atoms with Gasteiger partial charge in [0, 0.05) is 17.7 Å². The van der Waals surface area contributed by atoms with Crippen LogP contribution in [0, 0.1) is 35.0 Å². The molecular weight excluding hydrogens is 545 g/mol. The molecule has 1 fully saturated rings. The minimum absolute atomic E-state index is 0.00422. The van der Waals surface area contributed by atoms with E-state index in [0.29, 0.717) is 29.5 Å². The average Bonchev–Trinajstić information content (AvgIpc) is 2.95. The molecule has 0 saturated heterocycles. The van der Waals surface area contributed by atoms with Crippen LogP contribution in [0.2, 0.25) is 0 Å². The third kappa shape index (κ3) is 6.01. The van der Waals surface area contributed by atoms with E-state index in [9.17, 15) is 26.3 Å². The van der Waals surface area contributed by atoms with Crippen molar-refractivity contribution < 1.29 is 35.5 Å². The molecule has 0 aliphatic heterocycles. The molecule has 0 bridgehead atoms. The van der Waals surface area contributed by atoms with E-state index in [1.165, 1.54) is 17.7 Å². The number of rotatable bonds is 7. The first-order valence-corrected chi connectivity index (χ1v) is 13.1. The van der Waals surface area contributed by atoms with Crippen LogP contribution >= 0.6 is 0 Å². The van der Waals surface area contributed by atoms with Gasteiger partial charge in [-0.25, -0.2) is 22.0 Å². The molecule has 8 heteroatoms. The lowest BCUT2D eigenvalue weighted by Crippen LogP contribution is -2.23. The Bertz CT molecular complexity index is 1550. The van der Waals surface area contributed by atoms with Crippen LogP contribution in [-0.4, -0.2) is 0 Å². The maximum atomic E-state index is 15.1. The van der Waals surface area contributed by atoms with Gasteiger partial charge in [0.2, 0.25) is 0 Å². The van der Waals surface area contributed by atoms with E-state index < -0.39 is 46.5 Å². The van der Waals surface area contributed by atoms with Crippen molar-refractivity contribution in [3.63, 3.8) is 0 Å². The molecule has 0 atom stereocenters. The monoisotopic (exact) mass is 570 g/mol. The molecule has 0 unspecified atom stereocenters. The van der Waals surface area contributed by atoms with E-state index in [0.717, 1.165) is 37.3 Å². The van der Waals surface area contributed by atoms with Crippen molar-refractivity contribution in [3.8, 4) is 28.0 Å². The summed E-state index contributed by atoms with van der Waals surface area (Å²) < 4.78 is 103. The first-order valence-electron chi connectivity index (χ1n) is 13.1. The van der Waals surface area contributed by atoms with E-state index in [-0.39, 0.29) is 23.3 Å². The average molecular weight is 571 g/mol. The Balaban J connectivity index is 1.33. The summed E-state index contributed by atoms with van der Waals surface area (Å²) in [5.74, 6) is -7.45. The Morgan fingerprint density at radius 2 is 1.24 bits per heavy atom. The summed E-state index contributed by atoms with van der Waals surface area (Å²) in [6, 6.07) is 15.3. The van der Waals surface area contributed by atoms with Crippen molar-refractivity contribution in [1.29, 1.82) is 0 Å². The largest absolute Gasteiger partial charge is 0.429 e. The maximum Gasteiger partial charge on any atom is 0.429 e. The second-order valence-corrected chi connectivity index (χ2v) is 10.2. The smallest absolute Gasteiger partial charge is 0.429 e.